The summed E-state index contributed by atoms with van der Waals surface area (Å²) in [6.45, 7) is 8.24. The number of hydrogen-bond acceptors (Lipinski definition) is 4. The Morgan fingerprint density at radius 2 is 1.85 bits per heavy atom. The predicted octanol–water partition coefficient (Wildman–Crippen LogP) is 3.76. The third-order valence-corrected chi connectivity index (χ3v) is 5.46. The molecule has 1 aromatic carbocycles. The van der Waals surface area contributed by atoms with Gasteiger partial charge in [-0.3, -0.25) is 0 Å². The molecule has 2 aromatic rings. The normalized spacial score (nSPS) is 17.3. The topological polar surface area (TPSA) is 53.3 Å². The van der Waals surface area contributed by atoms with Crippen molar-refractivity contribution in [3.63, 3.8) is 0 Å². The van der Waals surface area contributed by atoms with Crippen LogP contribution in [-0.4, -0.2) is 45.4 Å². The number of aromatic nitrogens is 2. The van der Waals surface area contributed by atoms with Crippen LogP contribution in [0.5, 0.6) is 0 Å². The third-order valence-electron chi connectivity index (χ3n) is 5.46. The number of aliphatic hydroxyl groups is 1. The zero-order valence-electron chi connectivity index (χ0n) is 16.9. The van der Waals surface area contributed by atoms with Crippen molar-refractivity contribution >= 4 is 5.69 Å². The largest absolute Gasteiger partial charge is 0.390 e. The lowest BCUT2D eigenvalue weighted by molar-refractivity contribution is 0.0673. The summed E-state index contributed by atoms with van der Waals surface area (Å²) in [6.07, 6.45) is 11.0. The summed E-state index contributed by atoms with van der Waals surface area (Å²) in [5.74, 6) is 0. The van der Waals surface area contributed by atoms with E-state index in [1.807, 2.05) is 30.9 Å². The van der Waals surface area contributed by atoms with Crippen molar-refractivity contribution in [3.05, 3.63) is 43.0 Å². The van der Waals surface area contributed by atoms with Crippen molar-refractivity contribution in [3.8, 4) is 5.69 Å². The molecule has 148 valence electrons. The Morgan fingerprint density at radius 1 is 1.19 bits per heavy atom. The van der Waals surface area contributed by atoms with Crippen LogP contribution in [0.1, 0.15) is 52.9 Å². The lowest BCUT2D eigenvalue weighted by atomic mass is 9.98. The quantitative estimate of drug-likeness (QED) is 0.743. The standard InChI is InChI=1S/C22H34N4O/c1-18(5-4-12-22(2,3)27)24-19-10-14-25(15-11-19)20-6-8-21(9-7-20)26-16-13-23-17-26/h6-9,13,16-19,24,27H,4-5,10-12,14-15H2,1-3H3. The number of imidazole rings is 1. The molecule has 5 nitrogen and oxygen atoms in total. The van der Waals surface area contributed by atoms with Crippen LogP contribution in [0.25, 0.3) is 5.69 Å². The molecule has 27 heavy (non-hydrogen) atoms. The monoisotopic (exact) mass is 370 g/mol. The summed E-state index contributed by atoms with van der Waals surface area (Å²) >= 11 is 0. The van der Waals surface area contributed by atoms with Gasteiger partial charge in [-0.2, -0.15) is 0 Å². The van der Waals surface area contributed by atoms with Crippen molar-refractivity contribution in [2.45, 2.75) is 70.6 Å². The Balaban J connectivity index is 1.42. The van der Waals surface area contributed by atoms with Crippen molar-refractivity contribution in [1.82, 2.24) is 14.9 Å². The first-order chi connectivity index (χ1) is 12.9. The molecule has 5 heteroatoms. The minimum atomic E-state index is -0.543. The number of piperidine rings is 1. The predicted molar refractivity (Wildman–Crippen MR) is 112 cm³/mol. The van der Waals surface area contributed by atoms with Gasteiger partial charge in [-0.25, -0.2) is 4.98 Å². The van der Waals surface area contributed by atoms with Crippen LogP contribution in [-0.2, 0) is 0 Å². The fourth-order valence-corrected chi connectivity index (χ4v) is 3.88. The molecule has 0 radical (unpaired) electrons. The zero-order chi connectivity index (χ0) is 19.3. The molecular weight excluding hydrogens is 336 g/mol. The van der Waals surface area contributed by atoms with Crippen LogP contribution in [0.2, 0.25) is 0 Å². The molecule has 1 aromatic heterocycles. The van der Waals surface area contributed by atoms with E-state index in [0.29, 0.717) is 12.1 Å². The second-order valence-electron chi connectivity index (χ2n) is 8.52. The van der Waals surface area contributed by atoms with Gasteiger partial charge in [-0.1, -0.05) is 0 Å². The number of nitrogens with one attached hydrogen (secondary N) is 1. The minimum absolute atomic E-state index is 0.512. The number of rotatable bonds is 8. The van der Waals surface area contributed by atoms with Crippen LogP contribution in [0.3, 0.4) is 0 Å². The van der Waals surface area contributed by atoms with E-state index in [2.05, 4.69) is 46.4 Å². The summed E-state index contributed by atoms with van der Waals surface area (Å²) in [5, 5.41) is 13.6. The fraction of sp³-hybridized carbons (Fsp3) is 0.591. The van der Waals surface area contributed by atoms with Gasteiger partial charge >= 0.3 is 0 Å². The van der Waals surface area contributed by atoms with E-state index in [1.165, 1.54) is 18.5 Å². The van der Waals surface area contributed by atoms with Gasteiger partial charge in [0.1, 0.15) is 0 Å². The average molecular weight is 371 g/mol. The highest BCUT2D eigenvalue weighted by molar-refractivity contribution is 5.51. The van der Waals surface area contributed by atoms with Gasteiger partial charge in [0, 0.05) is 48.9 Å². The molecule has 1 saturated heterocycles. The van der Waals surface area contributed by atoms with Crippen molar-refractivity contribution in [1.29, 1.82) is 0 Å². The second kappa shape index (κ2) is 8.89. The third kappa shape index (κ3) is 6.08. The van der Waals surface area contributed by atoms with E-state index in [4.69, 9.17) is 0 Å². The van der Waals surface area contributed by atoms with Gasteiger partial charge in [-0.05, 0) is 77.1 Å². The van der Waals surface area contributed by atoms with Crippen molar-refractivity contribution in [2.75, 3.05) is 18.0 Å². The lowest BCUT2D eigenvalue weighted by Crippen LogP contribution is -2.45. The Kier molecular flexibility index (Phi) is 6.55. The Bertz CT molecular complexity index is 667. The molecule has 1 fully saturated rings. The molecule has 0 amide bonds. The molecule has 1 unspecified atom stereocenters. The molecule has 1 aliphatic heterocycles. The molecular formula is C22H34N4O. The smallest absolute Gasteiger partial charge is 0.0991 e. The molecule has 3 rings (SSSR count). The van der Waals surface area contributed by atoms with Crippen LogP contribution in [0.4, 0.5) is 5.69 Å². The summed E-state index contributed by atoms with van der Waals surface area (Å²) < 4.78 is 2.03. The minimum Gasteiger partial charge on any atom is -0.390 e. The summed E-state index contributed by atoms with van der Waals surface area (Å²) in [6, 6.07) is 9.85. The van der Waals surface area contributed by atoms with Gasteiger partial charge in [-0.15, -0.1) is 0 Å². The molecule has 2 N–H and O–H groups in total. The zero-order valence-corrected chi connectivity index (χ0v) is 16.9. The first-order valence-corrected chi connectivity index (χ1v) is 10.2. The molecule has 1 atom stereocenters. The van der Waals surface area contributed by atoms with E-state index >= 15 is 0 Å². The molecule has 0 spiro atoms. The first-order valence-electron chi connectivity index (χ1n) is 10.2. The molecule has 0 saturated carbocycles. The van der Waals surface area contributed by atoms with Crippen molar-refractivity contribution in [2.24, 2.45) is 0 Å². The maximum Gasteiger partial charge on any atom is 0.0991 e. The Hall–Kier alpha value is -1.85. The van der Waals surface area contributed by atoms with E-state index in [0.717, 1.165) is 38.0 Å². The SMILES string of the molecule is CC(CCCC(C)(C)O)NC1CCN(c2ccc(-n3ccnc3)cc2)CC1. The Labute approximate surface area is 163 Å². The molecule has 1 aliphatic rings. The number of nitrogens with zero attached hydrogens (tertiary/aromatic N) is 3. The highest BCUT2D eigenvalue weighted by Gasteiger charge is 2.21. The van der Waals surface area contributed by atoms with Crippen LogP contribution in [0.15, 0.2) is 43.0 Å². The van der Waals surface area contributed by atoms with Crippen LogP contribution < -0.4 is 10.2 Å². The number of hydrogen-bond donors (Lipinski definition) is 2. The maximum absolute atomic E-state index is 9.83. The van der Waals surface area contributed by atoms with Crippen LogP contribution in [0, 0.1) is 0 Å². The maximum atomic E-state index is 9.83. The highest BCUT2D eigenvalue weighted by atomic mass is 16.3. The van der Waals surface area contributed by atoms with Gasteiger partial charge in [0.2, 0.25) is 0 Å². The highest BCUT2D eigenvalue weighted by Crippen LogP contribution is 2.22. The Morgan fingerprint density at radius 3 is 2.44 bits per heavy atom. The van der Waals surface area contributed by atoms with Gasteiger partial charge < -0.3 is 19.9 Å². The summed E-state index contributed by atoms with van der Waals surface area (Å²) in [7, 11) is 0. The molecule has 0 aliphatic carbocycles. The van der Waals surface area contributed by atoms with E-state index in [-0.39, 0.29) is 0 Å². The lowest BCUT2D eigenvalue weighted by Gasteiger charge is -2.35. The van der Waals surface area contributed by atoms with E-state index in [1.54, 1.807) is 6.20 Å². The number of anilines is 1. The first kappa shape index (κ1) is 19.9. The average Bonchev–Trinajstić information content (AvgIpc) is 3.16. The molecule has 0 bridgehead atoms. The summed E-state index contributed by atoms with van der Waals surface area (Å²) in [5.41, 5.74) is 1.90. The van der Waals surface area contributed by atoms with Gasteiger partial charge in [0.25, 0.3) is 0 Å². The summed E-state index contributed by atoms with van der Waals surface area (Å²) in [4.78, 5) is 6.59. The van der Waals surface area contributed by atoms with Crippen LogP contribution >= 0.6 is 0 Å². The number of benzene rings is 1. The van der Waals surface area contributed by atoms with E-state index in [9.17, 15) is 5.11 Å². The fourth-order valence-electron chi connectivity index (χ4n) is 3.88. The van der Waals surface area contributed by atoms with Crippen molar-refractivity contribution < 1.29 is 5.11 Å². The van der Waals surface area contributed by atoms with Gasteiger partial charge in [0.15, 0.2) is 0 Å². The molecule has 2 heterocycles. The van der Waals surface area contributed by atoms with E-state index < -0.39 is 5.60 Å². The van der Waals surface area contributed by atoms with Gasteiger partial charge in [0.05, 0.1) is 11.9 Å². The second-order valence-corrected chi connectivity index (χ2v) is 8.52.